The van der Waals surface area contributed by atoms with Crippen molar-refractivity contribution in [2.24, 2.45) is 0 Å². The number of fused-ring (bicyclic) bond motifs is 8. The van der Waals surface area contributed by atoms with Gasteiger partial charge in [-0.3, -0.25) is 0 Å². The van der Waals surface area contributed by atoms with E-state index in [1.165, 1.54) is 70.3 Å². The van der Waals surface area contributed by atoms with E-state index in [1.54, 1.807) is 0 Å². The fourth-order valence-corrected chi connectivity index (χ4v) is 8.71. The van der Waals surface area contributed by atoms with E-state index in [0.717, 1.165) is 0 Å². The Bertz CT molecular complexity index is 1600. The summed E-state index contributed by atoms with van der Waals surface area (Å²) in [5, 5.41) is 8.37. The van der Waals surface area contributed by atoms with Crippen LogP contribution in [0.1, 0.15) is 9.75 Å². The molecule has 0 spiro atoms. The van der Waals surface area contributed by atoms with Crippen molar-refractivity contribution < 1.29 is 0 Å². The topological polar surface area (TPSA) is 0 Å². The molecule has 0 aliphatic rings. The number of benzene rings is 3. The molecule has 134 valence electrons. The van der Waals surface area contributed by atoms with E-state index in [-0.39, 0.29) is 0 Å². The Labute approximate surface area is 177 Å². The second kappa shape index (κ2) is 5.33. The highest BCUT2D eigenvalue weighted by Gasteiger charge is 2.13. The van der Waals surface area contributed by atoms with Gasteiger partial charge in [0, 0.05) is 59.5 Å². The largest absolute Gasteiger partial charge is 0.141 e. The lowest BCUT2D eigenvalue weighted by molar-refractivity contribution is 1.66. The van der Waals surface area contributed by atoms with Crippen molar-refractivity contribution in [2.45, 2.75) is 13.8 Å². The normalized spacial score (nSPS) is 12.6. The molecular weight excluding hydrogens is 417 g/mol. The molecule has 28 heavy (non-hydrogen) atoms. The van der Waals surface area contributed by atoms with Gasteiger partial charge in [-0.15, -0.1) is 45.3 Å². The third-order valence-electron chi connectivity index (χ3n) is 5.59. The van der Waals surface area contributed by atoms with Crippen LogP contribution in [0.4, 0.5) is 0 Å². The molecule has 0 nitrogen and oxygen atoms in total. The molecule has 0 saturated carbocycles. The number of hydrogen-bond donors (Lipinski definition) is 0. The van der Waals surface area contributed by atoms with Crippen LogP contribution in [0, 0.1) is 13.8 Å². The highest BCUT2D eigenvalue weighted by molar-refractivity contribution is 7.28. The predicted molar refractivity (Wildman–Crippen MR) is 132 cm³/mol. The molecule has 4 aromatic heterocycles. The summed E-state index contributed by atoms with van der Waals surface area (Å²) in [4.78, 5) is 2.78. The zero-order chi connectivity index (χ0) is 18.6. The summed E-state index contributed by atoms with van der Waals surface area (Å²) in [6.45, 7) is 4.40. The number of rotatable bonds is 0. The van der Waals surface area contributed by atoms with Gasteiger partial charge < -0.3 is 0 Å². The minimum Gasteiger partial charge on any atom is -0.141 e. The van der Waals surface area contributed by atoms with Crippen molar-refractivity contribution in [2.75, 3.05) is 0 Å². The van der Waals surface area contributed by atoms with Crippen LogP contribution in [0.25, 0.3) is 60.5 Å². The van der Waals surface area contributed by atoms with Crippen LogP contribution in [0.15, 0.2) is 48.5 Å². The minimum absolute atomic E-state index is 1.38. The maximum absolute atomic E-state index is 2.43. The zero-order valence-electron chi connectivity index (χ0n) is 15.3. The molecule has 0 aliphatic heterocycles. The minimum atomic E-state index is 1.38. The highest BCUT2D eigenvalue weighted by atomic mass is 32.1. The van der Waals surface area contributed by atoms with E-state index in [4.69, 9.17) is 0 Å². The molecule has 4 heterocycles. The lowest BCUT2D eigenvalue weighted by atomic mass is 10.1. The molecule has 0 atom stereocenters. The summed E-state index contributed by atoms with van der Waals surface area (Å²) in [5.74, 6) is 0. The Kier molecular flexibility index (Phi) is 3.03. The van der Waals surface area contributed by atoms with E-state index >= 15 is 0 Å². The summed E-state index contributed by atoms with van der Waals surface area (Å²) in [7, 11) is 0. The molecule has 3 aromatic carbocycles. The molecular formula is C24H14S4. The Morgan fingerprint density at radius 2 is 0.786 bits per heavy atom. The van der Waals surface area contributed by atoms with Gasteiger partial charge in [0.05, 0.1) is 0 Å². The second-order valence-electron chi connectivity index (χ2n) is 7.54. The van der Waals surface area contributed by atoms with E-state index in [9.17, 15) is 0 Å². The number of thiophene rings is 4. The van der Waals surface area contributed by atoms with Gasteiger partial charge in [0.25, 0.3) is 0 Å². The third-order valence-corrected chi connectivity index (χ3v) is 9.84. The van der Waals surface area contributed by atoms with Crippen molar-refractivity contribution >= 4 is 106 Å². The van der Waals surface area contributed by atoms with Crippen molar-refractivity contribution in [3.63, 3.8) is 0 Å². The Hall–Kier alpha value is -1.98. The fourth-order valence-electron chi connectivity index (χ4n) is 4.38. The lowest BCUT2D eigenvalue weighted by Gasteiger charge is -1.95. The Morgan fingerprint density at radius 3 is 1.25 bits per heavy atom. The van der Waals surface area contributed by atoms with Crippen LogP contribution in [0.3, 0.4) is 0 Å². The van der Waals surface area contributed by atoms with Gasteiger partial charge in [-0.25, -0.2) is 0 Å². The maximum Gasteiger partial charge on any atom is 0.0369 e. The second-order valence-corrected chi connectivity index (χ2v) is 12.3. The third kappa shape index (κ3) is 2.09. The van der Waals surface area contributed by atoms with E-state index < -0.39 is 0 Å². The molecule has 7 aromatic rings. The average molecular weight is 431 g/mol. The molecule has 0 aliphatic carbocycles. The smallest absolute Gasteiger partial charge is 0.0369 e. The van der Waals surface area contributed by atoms with Gasteiger partial charge in [0.15, 0.2) is 0 Å². The van der Waals surface area contributed by atoms with Crippen molar-refractivity contribution in [3.05, 3.63) is 58.3 Å². The quantitative estimate of drug-likeness (QED) is 0.225. The standard InChI is InChI=1S/C24H14S4/c1-11-3-13-5-15-17-7-22-18(8-21(17)27-23(15)9-19(13)25-11)16-6-14-4-12(2)26-20(14)10-24(16)28-22/h3-10H,1-2H3. The Morgan fingerprint density at radius 1 is 0.393 bits per heavy atom. The van der Waals surface area contributed by atoms with Crippen LogP contribution in [0.2, 0.25) is 0 Å². The summed E-state index contributed by atoms with van der Waals surface area (Å²) in [6.07, 6.45) is 0. The molecule has 4 heteroatoms. The van der Waals surface area contributed by atoms with Gasteiger partial charge in [-0.2, -0.15) is 0 Å². The molecule has 0 amide bonds. The van der Waals surface area contributed by atoms with Crippen LogP contribution in [-0.4, -0.2) is 0 Å². The highest BCUT2D eigenvalue weighted by Crippen LogP contribution is 2.44. The van der Waals surface area contributed by atoms with Gasteiger partial charge in [-0.05, 0) is 73.2 Å². The molecule has 0 radical (unpaired) electrons. The molecule has 0 bridgehead atoms. The van der Waals surface area contributed by atoms with E-state index in [0.29, 0.717) is 0 Å². The van der Waals surface area contributed by atoms with Gasteiger partial charge >= 0.3 is 0 Å². The maximum atomic E-state index is 2.43. The predicted octanol–water partition coefficient (Wildman–Crippen LogP) is 9.47. The molecule has 7 rings (SSSR count). The summed E-state index contributed by atoms with van der Waals surface area (Å²) < 4.78 is 8.42. The van der Waals surface area contributed by atoms with Gasteiger partial charge in [-0.1, -0.05) is 0 Å². The summed E-state index contributed by atoms with van der Waals surface area (Å²) >= 11 is 7.66. The molecule has 0 fully saturated rings. The van der Waals surface area contributed by atoms with Crippen LogP contribution < -0.4 is 0 Å². The summed E-state index contributed by atoms with van der Waals surface area (Å²) in [5.41, 5.74) is 0. The van der Waals surface area contributed by atoms with E-state index in [2.05, 4.69) is 62.4 Å². The monoisotopic (exact) mass is 430 g/mol. The summed E-state index contributed by atoms with van der Waals surface area (Å²) in [6, 6.07) is 19.0. The molecule has 0 unspecified atom stereocenters. The van der Waals surface area contributed by atoms with Gasteiger partial charge in [0.2, 0.25) is 0 Å². The first-order valence-electron chi connectivity index (χ1n) is 9.25. The number of aryl methyl sites for hydroxylation is 2. The fraction of sp³-hybridized carbons (Fsp3) is 0.0833. The van der Waals surface area contributed by atoms with Crippen molar-refractivity contribution in [3.8, 4) is 0 Å². The lowest BCUT2D eigenvalue weighted by Crippen LogP contribution is -1.69. The van der Waals surface area contributed by atoms with E-state index in [1.807, 2.05) is 45.3 Å². The SMILES string of the molecule is Cc1cc2cc3c(cc2s1)sc1cc2c(cc13)sc1cc3sc(C)cc3cc12. The van der Waals surface area contributed by atoms with Crippen molar-refractivity contribution in [1.82, 2.24) is 0 Å². The average Bonchev–Trinajstić information content (AvgIpc) is 3.37. The first kappa shape index (κ1) is 15.9. The first-order valence-corrected chi connectivity index (χ1v) is 12.5. The van der Waals surface area contributed by atoms with Crippen molar-refractivity contribution in [1.29, 1.82) is 0 Å². The molecule has 0 N–H and O–H groups in total. The number of hydrogen-bond acceptors (Lipinski definition) is 4. The van der Waals surface area contributed by atoms with Crippen LogP contribution in [-0.2, 0) is 0 Å². The first-order chi connectivity index (χ1) is 13.6. The zero-order valence-corrected chi connectivity index (χ0v) is 18.5. The van der Waals surface area contributed by atoms with Gasteiger partial charge in [0.1, 0.15) is 0 Å². The Balaban J connectivity index is 1.60. The van der Waals surface area contributed by atoms with Crippen LogP contribution >= 0.6 is 45.3 Å². The van der Waals surface area contributed by atoms with Crippen LogP contribution in [0.5, 0.6) is 0 Å². The molecule has 0 saturated heterocycles.